The van der Waals surface area contributed by atoms with Crippen molar-refractivity contribution >= 4 is 0 Å². The minimum Gasteiger partial charge on any atom is -0.512 e. The predicted octanol–water partition coefficient (Wildman–Crippen LogP) is 1.32. The maximum absolute atomic E-state index is 6.25. The first-order chi connectivity index (χ1) is 4.00. The summed E-state index contributed by atoms with van der Waals surface area (Å²) in [6.45, 7) is 18.2. The number of hydrogen-bond acceptors (Lipinski definition) is 3. The monoisotopic (exact) mass is 365 g/mol. The van der Waals surface area contributed by atoms with Gasteiger partial charge in [0.2, 0.25) is 0 Å². The molecule has 3 nitrogen and oxygen atoms in total. The van der Waals surface area contributed by atoms with Crippen molar-refractivity contribution in [3.05, 3.63) is 19.7 Å². The summed E-state index contributed by atoms with van der Waals surface area (Å²) in [6, 6.07) is 0. The molecule has 9 heavy (non-hydrogen) atoms. The summed E-state index contributed by atoms with van der Waals surface area (Å²) >= 11 is 0. The summed E-state index contributed by atoms with van der Waals surface area (Å²) < 4.78 is 0. The van der Waals surface area contributed by atoms with Crippen LogP contribution in [0.25, 0.3) is 0 Å². The molecule has 0 fully saturated rings. The van der Waals surface area contributed by atoms with Gasteiger partial charge < -0.3 is 35.5 Å². The van der Waals surface area contributed by atoms with E-state index in [0.29, 0.717) is 0 Å². The second-order valence-corrected chi connectivity index (χ2v) is 0. The maximum atomic E-state index is 6.25. The van der Waals surface area contributed by atoms with E-state index in [9.17, 15) is 0 Å². The molecule has 0 N–H and O–H groups in total. The molecule has 0 unspecified atom stereocenters. The molecule has 0 aromatic heterocycles. The van der Waals surface area contributed by atoms with Gasteiger partial charge in [-0.3, -0.25) is 0 Å². The van der Waals surface area contributed by atoms with Crippen molar-refractivity contribution < 1.29 is 0 Å². The van der Waals surface area contributed by atoms with E-state index in [0.717, 1.165) is 0 Å². The van der Waals surface area contributed by atoms with Gasteiger partial charge in [-0.1, -0.05) is 13.8 Å². The van der Waals surface area contributed by atoms with Crippen LogP contribution < -0.4 is 0 Å². The van der Waals surface area contributed by atoms with Gasteiger partial charge in [0, 0.05) is 0 Å². The normalized spacial score (nSPS) is 1.33. The van der Waals surface area contributed by atoms with Crippen LogP contribution in [0.15, 0.2) is 0 Å². The summed E-state index contributed by atoms with van der Waals surface area (Å²) in [7, 11) is 0. The van der Waals surface area contributed by atoms with Crippen LogP contribution in [0.4, 0.5) is 0 Å². The van der Waals surface area contributed by atoms with Crippen molar-refractivity contribution in [3.63, 3.8) is 0 Å². The molecule has 1 radical (unpaired) electrons. The van der Waals surface area contributed by atoms with Crippen molar-refractivity contribution in [1.82, 2.24) is 0 Å². The Morgan fingerprint density at radius 2 is 0.667 bits per heavy atom. The third-order valence-electron chi connectivity index (χ3n) is 0. The average molecular weight is 365 g/mol. The van der Waals surface area contributed by atoms with Gasteiger partial charge in [-0.25, -0.2) is 0 Å². The largest absolute Gasteiger partial charge is 3.00 e. The molecule has 53 valence electrons. The molecule has 0 aliphatic heterocycles. The van der Waals surface area contributed by atoms with Crippen LogP contribution in [-0.4, -0.2) is 0 Å². The summed E-state index contributed by atoms with van der Waals surface area (Å²) in [6.07, 6.45) is 0. The first-order valence-electron chi connectivity index (χ1n) is 1.67. The van der Waals surface area contributed by atoms with Crippen molar-refractivity contribution in [2.45, 2.75) is 13.8 Å². The summed E-state index contributed by atoms with van der Waals surface area (Å²) in [5, 5.41) is 18.8. The molecule has 0 heterocycles. The van der Waals surface area contributed by atoms with E-state index in [2.05, 4.69) is 0 Å². The molecule has 0 saturated heterocycles. The third kappa shape index (κ3) is 10.3. The van der Waals surface area contributed by atoms with Gasteiger partial charge in [0.1, 0.15) is 0 Å². The van der Waals surface area contributed by atoms with Gasteiger partial charge in [0.15, 0.2) is 0 Å². The Morgan fingerprint density at radius 3 is 0.667 bits per heavy atom. The zero-order valence-corrected chi connectivity index (χ0v) is 7.53. The van der Waals surface area contributed by atoms with Gasteiger partial charge in [-0.15, -0.1) is 0 Å². The van der Waals surface area contributed by atoms with E-state index < -0.39 is 0 Å². The Labute approximate surface area is 50.4 Å². The van der Waals surface area contributed by atoms with Crippen LogP contribution in [0.2, 0.25) is 0 Å². The smallest absolute Gasteiger partial charge is 0.512 e. The van der Waals surface area contributed by atoms with Crippen molar-refractivity contribution in [1.29, 1.82) is 15.8 Å². The molecule has 4 heteroatoms. The Balaban J connectivity index is -0.00000000762. The number of hydrogen-bond donors (Lipinski definition) is 0. The van der Waals surface area contributed by atoms with E-state index in [1.54, 1.807) is 0 Å². The number of nitrogens with zero attached hydrogens (tertiary/aromatic N) is 3. The van der Waals surface area contributed by atoms with E-state index in [-0.39, 0.29) is 0 Å². The molecule has 0 spiro atoms. The van der Waals surface area contributed by atoms with Crippen molar-refractivity contribution in [2.24, 2.45) is 0 Å². The fraction of sp³-hybridized carbons (Fsp3) is 0.400. The van der Waals surface area contributed by atoms with Gasteiger partial charge in [0.05, 0.1) is 0 Å². The zero-order valence-electron chi connectivity index (χ0n) is 5.13. The molecule has 0 saturated carbocycles. The number of rotatable bonds is 0. The first-order valence-corrected chi connectivity index (χ1v) is 1.67. The predicted molar refractivity (Wildman–Crippen MR) is 26.3 cm³/mol. The fourth-order valence-corrected chi connectivity index (χ4v) is 0. The maximum Gasteiger partial charge on any atom is 3.00 e. The molecule has 0 aromatic carbocycles. The van der Waals surface area contributed by atoms with Crippen molar-refractivity contribution in [2.75, 3.05) is 0 Å². The van der Waals surface area contributed by atoms with Crippen LogP contribution in [0.3, 0.4) is 0 Å². The van der Waals surface area contributed by atoms with E-state index in [1.807, 2.05) is 13.8 Å². The third-order valence-corrected chi connectivity index (χ3v) is 0. The fourth-order valence-electron chi connectivity index (χ4n) is 0. The molecule has 0 bridgehead atoms. The minimum atomic E-state index is 0. The van der Waals surface area contributed by atoms with E-state index in [1.165, 1.54) is 0 Å². The zero-order chi connectivity index (χ0) is 8.00. The topological polar surface area (TPSA) is 71.4 Å². The molecule has 0 amide bonds. The van der Waals surface area contributed by atoms with E-state index >= 15 is 0 Å². The van der Waals surface area contributed by atoms with Crippen LogP contribution >= 0.6 is 0 Å². The van der Waals surface area contributed by atoms with Crippen LogP contribution in [0.1, 0.15) is 13.8 Å². The van der Waals surface area contributed by atoms with Gasteiger partial charge >= 0.3 is 0 Å². The second-order valence-electron chi connectivity index (χ2n) is 0. The van der Waals surface area contributed by atoms with Crippen LogP contribution in [-0.2, 0) is 0 Å². The summed E-state index contributed by atoms with van der Waals surface area (Å²) in [4.78, 5) is 0. The summed E-state index contributed by atoms with van der Waals surface area (Å²) in [5.41, 5.74) is 0. The van der Waals surface area contributed by atoms with Gasteiger partial charge in [0.25, 0.3) is 0 Å². The first kappa shape index (κ1) is 89.6. The van der Waals surface area contributed by atoms with Crippen LogP contribution in [0, 0.1) is 35.5 Å². The Kier molecular flexibility index (Phi) is 170. The standard InChI is InChI=1S/C2H6.3CN.Fm/c4*1-2;/h1-2H3;;;;/q;3*-1;+3. The molecule has 0 aromatic rings. The quantitative estimate of drug-likeness (QED) is 0.608. The Bertz CT molecular complexity index is 40.7. The van der Waals surface area contributed by atoms with Crippen molar-refractivity contribution in [3.8, 4) is 0 Å². The molecule has 0 atom stereocenters. The Morgan fingerprint density at radius 1 is 0.667 bits per heavy atom. The molecule has 0 aliphatic rings. The average Bonchev–Trinajstić information content (AvgIpc) is 2.03. The summed E-state index contributed by atoms with van der Waals surface area (Å²) in [5.74, 6) is 0. The SMILES string of the molecule is CC.[C-]#N.[C-]#N.[C-]#N.[Fm+3]. The van der Waals surface area contributed by atoms with Crippen LogP contribution in [0.5, 0.6) is 0 Å². The molecule has 0 rings (SSSR count). The molecular weight excluding hydrogens is 359 g/mol. The molecular formula is C5H6FmN3. The van der Waals surface area contributed by atoms with Gasteiger partial charge in [-0.2, -0.15) is 0 Å². The Hall–Kier alpha value is -2.53. The minimum absolute atomic E-state index is 0. The van der Waals surface area contributed by atoms with E-state index in [4.69, 9.17) is 35.5 Å². The molecule has 0 aliphatic carbocycles. The second kappa shape index (κ2) is 17.1. The van der Waals surface area contributed by atoms with Gasteiger partial charge in [-0.05, 0) is 0 Å².